The van der Waals surface area contributed by atoms with Crippen molar-refractivity contribution in [1.29, 1.82) is 0 Å². The molecule has 1 aliphatic heterocycles. The van der Waals surface area contributed by atoms with E-state index in [-0.39, 0.29) is 11.9 Å². The largest absolute Gasteiger partial charge is 0.350 e. The first kappa shape index (κ1) is 21.3. The van der Waals surface area contributed by atoms with Gasteiger partial charge in [0.15, 0.2) is 0 Å². The van der Waals surface area contributed by atoms with Crippen LogP contribution in [-0.4, -0.2) is 52.5 Å². The fourth-order valence-corrected chi connectivity index (χ4v) is 4.89. The Morgan fingerprint density at radius 3 is 2.77 bits per heavy atom. The SMILES string of the molecule is C[C@@H]1CCc2ncnc(N3CCN(C(=O)[C@H](N)Cc4ccc(Cl)c(Cl)c4)C[C@@H]3C)c21. The molecular weight excluding hydrogens is 421 g/mol. The van der Waals surface area contributed by atoms with Crippen molar-refractivity contribution in [1.82, 2.24) is 14.9 Å². The van der Waals surface area contributed by atoms with Crippen molar-refractivity contribution in [3.63, 3.8) is 0 Å². The van der Waals surface area contributed by atoms with Crippen LogP contribution in [0.3, 0.4) is 0 Å². The summed E-state index contributed by atoms with van der Waals surface area (Å²) in [4.78, 5) is 26.3. The van der Waals surface area contributed by atoms with Crippen LogP contribution < -0.4 is 10.6 Å². The fraction of sp³-hybridized carbons (Fsp3) is 0.500. The molecule has 1 aromatic carbocycles. The fourth-order valence-electron chi connectivity index (χ4n) is 4.57. The smallest absolute Gasteiger partial charge is 0.239 e. The number of rotatable bonds is 4. The minimum absolute atomic E-state index is 0.0335. The maximum absolute atomic E-state index is 13.0. The van der Waals surface area contributed by atoms with Crippen molar-refractivity contribution in [2.75, 3.05) is 24.5 Å². The van der Waals surface area contributed by atoms with E-state index in [1.807, 2.05) is 11.0 Å². The lowest BCUT2D eigenvalue weighted by Crippen LogP contribution is -2.57. The molecule has 0 radical (unpaired) electrons. The van der Waals surface area contributed by atoms with Crippen molar-refractivity contribution in [3.8, 4) is 0 Å². The number of hydrogen-bond acceptors (Lipinski definition) is 5. The first-order valence-corrected chi connectivity index (χ1v) is 11.2. The average Bonchev–Trinajstić information content (AvgIpc) is 3.11. The number of nitrogens with two attached hydrogens (primary N) is 1. The molecule has 1 fully saturated rings. The summed E-state index contributed by atoms with van der Waals surface area (Å²) >= 11 is 12.1. The van der Waals surface area contributed by atoms with Gasteiger partial charge in [-0.25, -0.2) is 9.97 Å². The predicted octanol–water partition coefficient (Wildman–Crippen LogP) is 3.44. The Bertz CT molecular complexity index is 953. The topological polar surface area (TPSA) is 75.4 Å². The number of anilines is 1. The molecule has 1 aromatic heterocycles. The maximum atomic E-state index is 13.0. The number of carbonyl (C=O) groups is 1. The molecule has 2 heterocycles. The summed E-state index contributed by atoms with van der Waals surface area (Å²) in [5.41, 5.74) is 9.60. The van der Waals surface area contributed by atoms with E-state index in [0.717, 1.165) is 30.8 Å². The molecule has 0 spiro atoms. The monoisotopic (exact) mass is 447 g/mol. The third-order valence-electron chi connectivity index (χ3n) is 6.22. The van der Waals surface area contributed by atoms with Crippen LogP contribution in [0, 0.1) is 0 Å². The molecule has 4 rings (SSSR count). The second kappa shape index (κ2) is 8.69. The van der Waals surface area contributed by atoms with E-state index in [4.69, 9.17) is 28.9 Å². The van der Waals surface area contributed by atoms with Crippen LogP contribution in [0.5, 0.6) is 0 Å². The van der Waals surface area contributed by atoms with Crippen LogP contribution in [-0.2, 0) is 17.6 Å². The van der Waals surface area contributed by atoms with Gasteiger partial charge < -0.3 is 15.5 Å². The van der Waals surface area contributed by atoms with Gasteiger partial charge in [0.25, 0.3) is 0 Å². The molecule has 0 unspecified atom stereocenters. The lowest BCUT2D eigenvalue weighted by molar-refractivity contribution is -0.133. The number of fused-ring (bicyclic) bond motifs is 1. The van der Waals surface area contributed by atoms with Gasteiger partial charge in [-0.05, 0) is 49.8 Å². The van der Waals surface area contributed by atoms with E-state index in [1.54, 1.807) is 18.5 Å². The van der Waals surface area contributed by atoms with Gasteiger partial charge in [-0.15, -0.1) is 0 Å². The van der Waals surface area contributed by atoms with E-state index >= 15 is 0 Å². The highest BCUT2D eigenvalue weighted by Crippen LogP contribution is 2.38. The van der Waals surface area contributed by atoms with Crippen LogP contribution in [0.4, 0.5) is 5.82 Å². The maximum Gasteiger partial charge on any atom is 0.239 e. The lowest BCUT2D eigenvalue weighted by atomic mass is 10.0. The summed E-state index contributed by atoms with van der Waals surface area (Å²) < 4.78 is 0. The Morgan fingerprint density at radius 2 is 2.03 bits per heavy atom. The summed E-state index contributed by atoms with van der Waals surface area (Å²) in [6, 6.07) is 4.92. The Labute approximate surface area is 187 Å². The third-order valence-corrected chi connectivity index (χ3v) is 6.96. The number of nitrogens with zero attached hydrogens (tertiary/aromatic N) is 4. The van der Waals surface area contributed by atoms with Crippen molar-refractivity contribution in [2.24, 2.45) is 5.73 Å². The molecule has 2 N–H and O–H groups in total. The third kappa shape index (κ3) is 4.13. The molecule has 160 valence electrons. The lowest BCUT2D eigenvalue weighted by Gasteiger charge is -2.42. The standard InChI is InChI=1S/C22H27Cl2N5O/c1-13-3-6-19-20(13)21(27-12-26-19)29-8-7-28(11-14(29)2)22(30)18(25)10-15-4-5-16(23)17(24)9-15/h4-5,9,12-14,18H,3,6-8,10-11,25H2,1-2H3/t13-,14+,18-/m1/s1. The van der Waals surface area contributed by atoms with Crippen LogP contribution in [0.1, 0.15) is 43.0 Å². The number of aryl methyl sites for hydroxylation is 1. The highest BCUT2D eigenvalue weighted by Gasteiger charge is 2.33. The number of carbonyl (C=O) groups excluding carboxylic acids is 1. The summed E-state index contributed by atoms with van der Waals surface area (Å²) in [5.74, 6) is 1.47. The molecule has 1 amide bonds. The first-order chi connectivity index (χ1) is 14.3. The minimum atomic E-state index is -0.607. The molecule has 2 aliphatic rings. The van der Waals surface area contributed by atoms with E-state index < -0.39 is 6.04 Å². The Morgan fingerprint density at radius 1 is 1.23 bits per heavy atom. The molecule has 30 heavy (non-hydrogen) atoms. The number of piperazine rings is 1. The van der Waals surface area contributed by atoms with E-state index in [1.165, 1.54) is 11.3 Å². The molecular formula is C22H27Cl2N5O. The summed E-state index contributed by atoms with van der Waals surface area (Å²) in [5, 5.41) is 0.971. The van der Waals surface area contributed by atoms with E-state index in [0.29, 0.717) is 35.5 Å². The quantitative estimate of drug-likeness (QED) is 0.776. The zero-order valence-corrected chi connectivity index (χ0v) is 18.8. The molecule has 8 heteroatoms. The summed E-state index contributed by atoms with van der Waals surface area (Å²) in [7, 11) is 0. The molecule has 0 bridgehead atoms. The van der Waals surface area contributed by atoms with Gasteiger partial charge in [-0.1, -0.05) is 36.2 Å². The second-order valence-electron chi connectivity index (χ2n) is 8.38. The van der Waals surface area contributed by atoms with E-state index in [2.05, 4.69) is 28.7 Å². The molecule has 6 nitrogen and oxygen atoms in total. The Balaban J connectivity index is 1.42. The number of amides is 1. The Kier molecular flexibility index (Phi) is 6.19. The summed E-state index contributed by atoms with van der Waals surface area (Å²) in [6.45, 7) is 6.37. The number of hydrogen-bond donors (Lipinski definition) is 1. The van der Waals surface area contributed by atoms with Crippen LogP contribution in [0.2, 0.25) is 10.0 Å². The number of aromatic nitrogens is 2. The van der Waals surface area contributed by atoms with Gasteiger partial charge in [-0.2, -0.15) is 0 Å². The molecule has 0 saturated carbocycles. The predicted molar refractivity (Wildman–Crippen MR) is 120 cm³/mol. The van der Waals surface area contributed by atoms with Crippen molar-refractivity contribution < 1.29 is 4.79 Å². The van der Waals surface area contributed by atoms with Gasteiger partial charge in [-0.3, -0.25) is 4.79 Å². The van der Waals surface area contributed by atoms with Crippen LogP contribution >= 0.6 is 23.2 Å². The molecule has 2 aromatic rings. The second-order valence-corrected chi connectivity index (χ2v) is 9.20. The highest BCUT2D eigenvalue weighted by atomic mass is 35.5. The van der Waals surface area contributed by atoms with Crippen molar-refractivity contribution in [3.05, 3.63) is 51.4 Å². The van der Waals surface area contributed by atoms with Gasteiger partial charge in [0.2, 0.25) is 5.91 Å². The number of halogens is 2. The van der Waals surface area contributed by atoms with Gasteiger partial charge in [0.1, 0.15) is 12.1 Å². The van der Waals surface area contributed by atoms with Crippen molar-refractivity contribution in [2.45, 2.75) is 51.1 Å². The molecule has 1 saturated heterocycles. The van der Waals surface area contributed by atoms with E-state index in [9.17, 15) is 4.79 Å². The van der Waals surface area contributed by atoms with Crippen LogP contribution in [0.15, 0.2) is 24.5 Å². The molecule has 3 atom stereocenters. The number of benzene rings is 1. The highest BCUT2D eigenvalue weighted by molar-refractivity contribution is 6.42. The summed E-state index contributed by atoms with van der Waals surface area (Å²) in [6.07, 6.45) is 4.24. The zero-order chi connectivity index (χ0) is 21.4. The molecule has 1 aliphatic carbocycles. The normalized spacial score (nSPS) is 22.2. The average molecular weight is 448 g/mol. The zero-order valence-electron chi connectivity index (χ0n) is 17.3. The first-order valence-electron chi connectivity index (χ1n) is 10.4. The Hall–Kier alpha value is -1.89. The van der Waals surface area contributed by atoms with Gasteiger partial charge in [0, 0.05) is 36.9 Å². The van der Waals surface area contributed by atoms with Crippen molar-refractivity contribution >= 4 is 34.9 Å². The van der Waals surface area contributed by atoms with Gasteiger partial charge in [0.05, 0.1) is 16.1 Å². The van der Waals surface area contributed by atoms with Gasteiger partial charge >= 0.3 is 0 Å². The minimum Gasteiger partial charge on any atom is -0.350 e. The van der Waals surface area contributed by atoms with Crippen LogP contribution in [0.25, 0.3) is 0 Å².